The number of methoxy groups -OCH3 is 1. The molecular weight excluding hydrogens is 268 g/mol. The van der Waals surface area contributed by atoms with E-state index in [2.05, 4.69) is 26.7 Å². The number of unbranched alkanes of at least 4 members (excludes halogenated alkanes) is 1. The number of ether oxygens (including phenoxy) is 1. The highest BCUT2D eigenvalue weighted by molar-refractivity contribution is 9.11. The Morgan fingerprint density at radius 2 is 2.06 bits per heavy atom. The van der Waals surface area contributed by atoms with Gasteiger partial charge in [-0.3, -0.25) is 0 Å². The molecule has 1 aromatic carbocycles. The van der Waals surface area contributed by atoms with Gasteiger partial charge < -0.3 is 4.74 Å². The third-order valence-electron chi connectivity index (χ3n) is 2.30. The van der Waals surface area contributed by atoms with Crippen LogP contribution in [-0.2, 0) is 11.2 Å². The van der Waals surface area contributed by atoms with E-state index < -0.39 is 0 Å². The van der Waals surface area contributed by atoms with Gasteiger partial charge in [0.05, 0.1) is 12.7 Å². The molecule has 16 heavy (non-hydrogen) atoms. The van der Waals surface area contributed by atoms with Crippen LogP contribution in [0.1, 0.15) is 28.8 Å². The van der Waals surface area contributed by atoms with Crippen LogP contribution in [0, 0.1) is 0 Å². The Balaban J connectivity index is 2.48. The van der Waals surface area contributed by atoms with Crippen molar-refractivity contribution in [3.05, 3.63) is 46.5 Å². The number of esters is 1. The molecule has 0 aliphatic carbocycles. The topological polar surface area (TPSA) is 26.3 Å². The second-order valence-corrected chi connectivity index (χ2v) is 3.97. The van der Waals surface area contributed by atoms with Crippen LogP contribution in [0.5, 0.6) is 0 Å². The Bertz CT molecular complexity index is 355. The van der Waals surface area contributed by atoms with E-state index in [0.717, 1.165) is 19.3 Å². The van der Waals surface area contributed by atoms with Crippen LogP contribution in [0.2, 0.25) is 0 Å². The number of hydrogen-bond donors (Lipinski definition) is 0. The van der Waals surface area contributed by atoms with Crippen LogP contribution < -0.4 is 0 Å². The summed E-state index contributed by atoms with van der Waals surface area (Å²) >= 11 is 3.24. The predicted octanol–water partition coefficient (Wildman–Crippen LogP) is 3.70. The smallest absolute Gasteiger partial charge is 0.337 e. The largest absolute Gasteiger partial charge is 0.465 e. The number of hydrogen-bond acceptors (Lipinski definition) is 2. The average Bonchev–Trinajstić information content (AvgIpc) is 2.34. The minimum Gasteiger partial charge on any atom is -0.465 e. The number of aryl methyl sites for hydroxylation is 1. The van der Waals surface area contributed by atoms with Gasteiger partial charge in [-0.15, -0.1) is 0 Å². The van der Waals surface area contributed by atoms with E-state index in [1.54, 1.807) is 0 Å². The van der Waals surface area contributed by atoms with Crippen molar-refractivity contribution in [2.24, 2.45) is 0 Å². The molecule has 86 valence electrons. The molecule has 0 fully saturated rings. The van der Waals surface area contributed by atoms with Gasteiger partial charge in [0, 0.05) is 0 Å². The minimum absolute atomic E-state index is 0.284. The number of benzene rings is 1. The number of carbonyl (C=O) groups is 1. The van der Waals surface area contributed by atoms with Gasteiger partial charge >= 0.3 is 5.97 Å². The number of allylic oxidation sites excluding steroid dienone is 1. The van der Waals surface area contributed by atoms with Crippen molar-refractivity contribution in [3.63, 3.8) is 0 Å². The average molecular weight is 283 g/mol. The highest BCUT2D eigenvalue weighted by Crippen LogP contribution is 2.09. The summed E-state index contributed by atoms with van der Waals surface area (Å²) in [6, 6.07) is 7.57. The van der Waals surface area contributed by atoms with Gasteiger partial charge in [0.15, 0.2) is 0 Å². The zero-order valence-corrected chi connectivity index (χ0v) is 10.9. The van der Waals surface area contributed by atoms with Crippen LogP contribution in [0.4, 0.5) is 0 Å². The van der Waals surface area contributed by atoms with E-state index in [4.69, 9.17) is 0 Å². The minimum atomic E-state index is -0.284. The molecule has 0 amide bonds. The lowest BCUT2D eigenvalue weighted by molar-refractivity contribution is 0.0600. The Hall–Kier alpha value is -1.09. The molecule has 0 saturated heterocycles. The van der Waals surface area contributed by atoms with Crippen molar-refractivity contribution in [3.8, 4) is 0 Å². The summed E-state index contributed by atoms with van der Waals surface area (Å²) in [4.78, 5) is 13.1. The van der Waals surface area contributed by atoms with Gasteiger partial charge in [-0.25, -0.2) is 4.79 Å². The molecule has 2 nitrogen and oxygen atoms in total. The zero-order chi connectivity index (χ0) is 11.8. The summed E-state index contributed by atoms with van der Waals surface area (Å²) in [7, 11) is 1.39. The van der Waals surface area contributed by atoms with Crippen molar-refractivity contribution < 1.29 is 9.53 Å². The maximum absolute atomic E-state index is 11.2. The molecule has 3 heteroatoms. The number of rotatable bonds is 5. The fourth-order valence-electron chi connectivity index (χ4n) is 1.41. The van der Waals surface area contributed by atoms with Gasteiger partial charge in [-0.2, -0.15) is 0 Å². The van der Waals surface area contributed by atoms with Crippen molar-refractivity contribution in [1.29, 1.82) is 0 Å². The molecule has 0 radical (unpaired) electrons. The summed E-state index contributed by atoms with van der Waals surface area (Å²) in [5, 5.41) is 0. The normalized spacial score (nSPS) is 10.6. The first-order valence-corrected chi connectivity index (χ1v) is 6.12. The maximum Gasteiger partial charge on any atom is 0.337 e. The second kappa shape index (κ2) is 7.23. The molecule has 0 aromatic heterocycles. The van der Waals surface area contributed by atoms with Crippen molar-refractivity contribution in [2.75, 3.05) is 7.11 Å². The molecule has 0 spiro atoms. The molecule has 0 bridgehead atoms. The number of carbonyl (C=O) groups excluding carboxylic acids is 1. The van der Waals surface area contributed by atoms with Gasteiger partial charge in [0.2, 0.25) is 0 Å². The predicted molar refractivity (Wildman–Crippen MR) is 68.8 cm³/mol. The lowest BCUT2D eigenvalue weighted by Gasteiger charge is -2.02. The van der Waals surface area contributed by atoms with Crippen LogP contribution >= 0.6 is 15.9 Å². The Morgan fingerprint density at radius 3 is 2.62 bits per heavy atom. The fourth-order valence-corrected chi connectivity index (χ4v) is 1.68. The summed E-state index contributed by atoms with van der Waals surface area (Å²) in [6.07, 6.45) is 5.28. The zero-order valence-electron chi connectivity index (χ0n) is 9.28. The van der Waals surface area contributed by atoms with Gasteiger partial charge in [0.1, 0.15) is 0 Å². The highest BCUT2D eigenvalue weighted by atomic mass is 79.9. The summed E-state index contributed by atoms with van der Waals surface area (Å²) in [6.45, 7) is 0. The van der Waals surface area contributed by atoms with E-state index in [-0.39, 0.29) is 5.97 Å². The number of halogens is 1. The van der Waals surface area contributed by atoms with E-state index in [9.17, 15) is 4.79 Å². The van der Waals surface area contributed by atoms with Crippen LogP contribution in [-0.4, -0.2) is 13.1 Å². The molecule has 0 aliphatic rings. The van der Waals surface area contributed by atoms with Gasteiger partial charge in [-0.1, -0.05) is 34.1 Å². The third kappa shape index (κ3) is 4.19. The van der Waals surface area contributed by atoms with Crippen LogP contribution in [0.25, 0.3) is 0 Å². The molecule has 0 unspecified atom stereocenters. The SMILES string of the molecule is COC(=O)c1ccc(CCC/C=C/Br)cc1. The maximum atomic E-state index is 11.2. The molecule has 1 aromatic rings. The van der Waals surface area contributed by atoms with E-state index in [1.165, 1.54) is 12.7 Å². The standard InChI is InChI=1S/C13H15BrO2/c1-16-13(15)12-8-6-11(7-9-12)5-3-2-4-10-14/h4,6-10H,2-3,5H2,1H3/b10-4+. The Labute approximate surface area is 104 Å². The Kier molecular flexibility index (Phi) is 5.86. The molecule has 1 rings (SSSR count). The van der Waals surface area contributed by atoms with E-state index >= 15 is 0 Å². The van der Waals surface area contributed by atoms with Gasteiger partial charge in [0.25, 0.3) is 0 Å². The van der Waals surface area contributed by atoms with Crippen molar-refractivity contribution >= 4 is 21.9 Å². The summed E-state index contributed by atoms with van der Waals surface area (Å²) in [5.74, 6) is -0.284. The molecular formula is C13H15BrO2. The van der Waals surface area contributed by atoms with Crippen LogP contribution in [0.15, 0.2) is 35.3 Å². The molecule has 0 saturated carbocycles. The van der Waals surface area contributed by atoms with Crippen molar-refractivity contribution in [1.82, 2.24) is 0 Å². The monoisotopic (exact) mass is 282 g/mol. The first kappa shape index (κ1) is 13.0. The molecule has 0 atom stereocenters. The first-order chi connectivity index (χ1) is 7.77. The third-order valence-corrected chi connectivity index (χ3v) is 2.67. The lowest BCUT2D eigenvalue weighted by atomic mass is 10.1. The van der Waals surface area contributed by atoms with Crippen LogP contribution in [0.3, 0.4) is 0 Å². The van der Waals surface area contributed by atoms with E-state index in [0.29, 0.717) is 5.56 Å². The van der Waals surface area contributed by atoms with Gasteiger partial charge in [-0.05, 0) is 41.9 Å². The highest BCUT2D eigenvalue weighted by Gasteiger charge is 2.03. The quantitative estimate of drug-likeness (QED) is 0.608. The fraction of sp³-hybridized carbons (Fsp3) is 0.308. The summed E-state index contributed by atoms with van der Waals surface area (Å²) < 4.78 is 4.64. The molecule has 0 heterocycles. The van der Waals surface area contributed by atoms with E-state index in [1.807, 2.05) is 29.3 Å². The second-order valence-electron chi connectivity index (χ2n) is 3.44. The Morgan fingerprint density at radius 1 is 1.38 bits per heavy atom. The van der Waals surface area contributed by atoms with Crippen molar-refractivity contribution in [2.45, 2.75) is 19.3 Å². The summed E-state index contributed by atoms with van der Waals surface area (Å²) in [5.41, 5.74) is 1.85. The lowest BCUT2D eigenvalue weighted by Crippen LogP contribution is -2.00. The molecule has 0 N–H and O–H groups in total. The molecule has 0 aliphatic heterocycles. The first-order valence-electron chi connectivity index (χ1n) is 5.20.